The lowest BCUT2D eigenvalue weighted by atomic mass is 9.77. The van der Waals surface area contributed by atoms with E-state index in [-0.39, 0.29) is 29.8 Å². The number of carbonyl (C=O) groups excluding carboxylic acids is 3. The molecular weight excluding hydrogens is 600 g/mol. The maximum Gasteiger partial charge on any atom is 0.228 e. The lowest BCUT2D eigenvalue weighted by Gasteiger charge is -2.27. The third-order valence-corrected chi connectivity index (χ3v) is 10.2. The minimum atomic E-state index is -0.506. The Morgan fingerprint density at radius 3 is 2.06 bits per heavy atom. The van der Waals surface area contributed by atoms with Crippen molar-refractivity contribution in [2.45, 2.75) is 57.8 Å². The van der Waals surface area contributed by atoms with E-state index in [4.69, 9.17) is 5.73 Å². The van der Waals surface area contributed by atoms with Gasteiger partial charge in [-0.25, -0.2) is 4.99 Å². The number of hydrogen-bond acceptors (Lipinski definition) is 8. The summed E-state index contributed by atoms with van der Waals surface area (Å²) in [5.41, 5.74) is 11.2. The van der Waals surface area contributed by atoms with Crippen molar-refractivity contribution in [3.8, 4) is 11.1 Å². The number of Topliss-reactive ketones (excluding diaryl/α,β-unsaturated/α-hetero) is 2. The lowest BCUT2D eigenvalue weighted by molar-refractivity contribution is -0.129. The first-order valence-corrected chi connectivity index (χ1v) is 17.4. The van der Waals surface area contributed by atoms with E-state index in [1.54, 1.807) is 0 Å². The topological polar surface area (TPSA) is 138 Å². The predicted molar refractivity (Wildman–Crippen MR) is 189 cm³/mol. The number of rotatable bonds is 13. The average molecular weight is 647 g/mol. The van der Waals surface area contributed by atoms with Crippen molar-refractivity contribution in [3.05, 3.63) is 89.5 Å². The minimum Gasteiger partial charge on any atom is -0.330 e. The van der Waals surface area contributed by atoms with E-state index in [0.717, 1.165) is 79.4 Å². The summed E-state index contributed by atoms with van der Waals surface area (Å²) in [5, 5.41) is 14.4. The largest absolute Gasteiger partial charge is 0.330 e. The van der Waals surface area contributed by atoms with Crippen LogP contribution in [0, 0.1) is 23.7 Å². The fourth-order valence-electron chi connectivity index (χ4n) is 7.14. The molecule has 0 bridgehead atoms. The molecule has 0 unspecified atom stereocenters. The molecule has 48 heavy (non-hydrogen) atoms. The molecule has 1 aliphatic carbocycles. The maximum atomic E-state index is 13.7. The van der Waals surface area contributed by atoms with Crippen molar-refractivity contribution >= 4 is 29.0 Å². The number of benzene rings is 3. The van der Waals surface area contributed by atoms with Crippen LogP contribution >= 0.6 is 0 Å². The van der Waals surface area contributed by atoms with E-state index in [0.29, 0.717) is 49.4 Å². The van der Waals surface area contributed by atoms with Gasteiger partial charge in [0.2, 0.25) is 5.91 Å². The number of amidine groups is 1. The number of nitrogens with zero attached hydrogens (tertiary/aromatic N) is 3. The summed E-state index contributed by atoms with van der Waals surface area (Å²) >= 11 is 0. The summed E-state index contributed by atoms with van der Waals surface area (Å²) < 4.78 is 0. The maximum absolute atomic E-state index is 13.7. The molecule has 0 radical (unpaired) electrons. The van der Waals surface area contributed by atoms with E-state index < -0.39 is 5.92 Å². The van der Waals surface area contributed by atoms with Crippen LogP contribution in [-0.2, 0) is 16.0 Å². The molecule has 2 heterocycles. The van der Waals surface area contributed by atoms with Gasteiger partial charge < -0.3 is 16.4 Å². The molecule has 9 nitrogen and oxygen atoms in total. The third-order valence-electron chi connectivity index (χ3n) is 10.2. The van der Waals surface area contributed by atoms with Crippen LogP contribution < -0.4 is 16.4 Å². The molecule has 1 atom stereocenters. The molecule has 2 fully saturated rings. The van der Waals surface area contributed by atoms with Gasteiger partial charge in [-0.05, 0) is 117 Å². The van der Waals surface area contributed by atoms with Crippen LogP contribution in [0.4, 0.5) is 5.69 Å². The molecular formula is C39H46N6O3. The zero-order valence-corrected chi connectivity index (χ0v) is 27.6. The van der Waals surface area contributed by atoms with Gasteiger partial charge >= 0.3 is 0 Å². The lowest BCUT2D eigenvalue weighted by Crippen LogP contribution is -2.31. The summed E-state index contributed by atoms with van der Waals surface area (Å²) in [6, 6.07) is 23.4. The van der Waals surface area contributed by atoms with Crippen molar-refractivity contribution in [2.24, 2.45) is 44.6 Å². The van der Waals surface area contributed by atoms with Gasteiger partial charge in [0.1, 0.15) is 5.78 Å². The average Bonchev–Trinajstić information content (AvgIpc) is 3.68. The van der Waals surface area contributed by atoms with Crippen molar-refractivity contribution in [3.63, 3.8) is 0 Å². The number of ketones is 2. The first-order chi connectivity index (χ1) is 23.4. The van der Waals surface area contributed by atoms with Gasteiger partial charge in [0.05, 0.1) is 0 Å². The number of piperidine rings is 1. The van der Waals surface area contributed by atoms with Crippen LogP contribution in [0.5, 0.6) is 0 Å². The Balaban J connectivity index is 1.11. The number of nitrogens with two attached hydrogens (primary N) is 1. The number of nitrogens with one attached hydrogen (secondary N) is 2. The first-order valence-electron chi connectivity index (χ1n) is 17.4. The highest BCUT2D eigenvalue weighted by Gasteiger charge is 2.30. The highest BCUT2D eigenvalue weighted by atomic mass is 16.2. The Labute approximate surface area is 282 Å². The van der Waals surface area contributed by atoms with Crippen molar-refractivity contribution in [1.29, 1.82) is 0 Å². The SMILES string of the molecule is NCC1CCC(C(=O)C[C@@H](Cc2ccc(-c3ccc(C(=O)CC4CCNCC4)cc3)cc2)C(=O)Nc2ccc(C3=NCN=N3)cc2)CC1. The number of carbonyl (C=O) groups is 3. The van der Waals surface area contributed by atoms with Crippen LogP contribution in [0.1, 0.15) is 72.9 Å². The standard InChI is InChI=1S/C39H46N6O3/c40-24-28-3-7-31(8-4-28)37(47)23-34(39(48)44-35-15-13-33(14-16-35)38-42-25-43-45-38)21-26-1-5-29(6-2-26)30-9-11-32(12-10-30)36(46)22-27-17-19-41-20-18-27/h1-2,5-6,9-16,27-28,31,34,41H,3-4,7-8,17-25,40H2,(H,44,48)/t28?,31?,34-/m1/s1. The van der Waals surface area contributed by atoms with Crippen molar-refractivity contribution < 1.29 is 14.4 Å². The number of amides is 1. The molecule has 2 aliphatic heterocycles. The van der Waals surface area contributed by atoms with E-state index in [1.165, 1.54) is 0 Å². The summed E-state index contributed by atoms with van der Waals surface area (Å²) in [6.07, 6.45) is 6.99. The molecule has 250 valence electrons. The number of hydrogen-bond donors (Lipinski definition) is 3. The highest BCUT2D eigenvalue weighted by Crippen LogP contribution is 2.31. The Morgan fingerprint density at radius 2 is 1.44 bits per heavy atom. The van der Waals surface area contributed by atoms with E-state index >= 15 is 0 Å². The van der Waals surface area contributed by atoms with Gasteiger partial charge in [-0.3, -0.25) is 14.4 Å². The van der Waals surface area contributed by atoms with Gasteiger partial charge in [-0.2, -0.15) is 5.11 Å². The molecule has 3 aromatic rings. The van der Waals surface area contributed by atoms with Crippen molar-refractivity contribution in [1.82, 2.24) is 5.32 Å². The fraction of sp³-hybridized carbons (Fsp3) is 0.436. The number of azo groups is 1. The van der Waals surface area contributed by atoms with Crippen LogP contribution in [0.15, 0.2) is 88.0 Å². The molecule has 3 aliphatic rings. The van der Waals surface area contributed by atoms with Crippen molar-refractivity contribution in [2.75, 3.05) is 31.6 Å². The Hall–Kier alpha value is -4.34. The second-order valence-electron chi connectivity index (χ2n) is 13.6. The second kappa shape index (κ2) is 16.2. The molecule has 3 aromatic carbocycles. The summed E-state index contributed by atoms with van der Waals surface area (Å²) in [6.45, 7) is 2.98. The van der Waals surface area contributed by atoms with Gasteiger partial charge in [-0.15, -0.1) is 5.11 Å². The quantitative estimate of drug-likeness (QED) is 0.179. The Morgan fingerprint density at radius 1 is 0.792 bits per heavy atom. The minimum absolute atomic E-state index is 0.0133. The van der Waals surface area contributed by atoms with Crippen LogP contribution in [0.2, 0.25) is 0 Å². The molecule has 1 saturated heterocycles. The summed E-state index contributed by atoms with van der Waals surface area (Å²) in [5.74, 6) is 1.22. The molecule has 6 rings (SSSR count). The molecule has 0 spiro atoms. The van der Waals surface area contributed by atoms with E-state index in [1.807, 2.05) is 72.8 Å². The first kappa shape index (κ1) is 33.6. The fourth-order valence-corrected chi connectivity index (χ4v) is 7.14. The molecule has 9 heteroatoms. The van der Waals surface area contributed by atoms with E-state index in [9.17, 15) is 14.4 Å². The Kier molecular flexibility index (Phi) is 11.3. The van der Waals surface area contributed by atoms with Crippen LogP contribution in [0.25, 0.3) is 11.1 Å². The molecule has 0 aromatic heterocycles. The summed E-state index contributed by atoms with van der Waals surface area (Å²) in [4.78, 5) is 44.3. The normalized spacial score (nSPS) is 20.2. The Bertz CT molecular complexity index is 1620. The second-order valence-corrected chi connectivity index (χ2v) is 13.6. The van der Waals surface area contributed by atoms with Crippen LogP contribution in [-0.4, -0.2) is 49.6 Å². The van der Waals surface area contributed by atoms with E-state index in [2.05, 4.69) is 25.9 Å². The number of aliphatic imine (C=N–C) groups is 1. The van der Waals surface area contributed by atoms with Gasteiger partial charge in [-0.1, -0.05) is 48.5 Å². The molecule has 4 N–H and O–H groups in total. The van der Waals surface area contributed by atoms with Gasteiger partial charge in [0.25, 0.3) is 0 Å². The van der Waals surface area contributed by atoms with Crippen LogP contribution in [0.3, 0.4) is 0 Å². The molecule has 1 amide bonds. The zero-order chi connectivity index (χ0) is 33.3. The third kappa shape index (κ3) is 8.76. The zero-order valence-electron chi connectivity index (χ0n) is 27.6. The highest BCUT2D eigenvalue weighted by molar-refractivity contribution is 6.01. The summed E-state index contributed by atoms with van der Waals surface area (Å²) in [7, 11) is 0. The van der Waals surface area contributed by atoms with Gasteiger partial charge in [0.15, 0.2) is 18.3 Å². The monoisotopic (exact) mass is 646 g/mol. The van der Waals surface area contributed by atoms with Gasteiger partial charge in [0, 0.05) is 41.5 Å². The predicted octanol–water partition coefficient (Wildman–Crippen LogP) is 6.62. The number of anilines is 1. The molecule has 1 saturated carbocycles. The smallest absolute Gasteiger partial charge is 0.228 e.